The molecule has 2 aromatic rings. The number of fused-ring (bicyclic) bond motifs is 3. The highest BCUT2D eigenvalue weighted by molar-refractivity contribution is 5.86. The second-order valence-electron chi connectivity index (χ2n) is 5.79. The van der Waals surface area contributed by atoms with Gasteiger partial charge in [0.05, 0.1) is 0 Å². The SMILES string of the molecule is Cc1ccc2c(c1)c1c3n2CCCN[C@H]3CCC1. The van der Waals surface area contributed by atoms with Crippen LogP contribution in [0.3, 0.4) is 0 Å². The lowest BCUT2D eigenvalue weighted by atomic mass is 9.91. The topological polar surface area (TPSA) is 17.0 Å². The van der Waals surface area contributed by atoms with Crippen molar-refractivity contribution in [1.29, 1.82) is 0 Å². The van der Waals surface area contributed by atoms with E-state index in [1.54, 1.807) is 11.3 Å². The van der Waals surface area contributed by atoms with E-state index in [1.165, 1.54) is 55.2 Å². The lowest BCUT2D eigenvalue weighted by Crippen LogP contribution is -2.24. The fourth-order valence-corrected chi connectivity index (χ4v) is 3.79. The predicted molar refractivity (Wildman–Crippen MR) is 75.0 cm³/mol. The first-order valence-corrected chi connectivity index (χ1v) is 7.19. The van der Waals surface area contributed by atoms with Gasteiger partial charge in [-0.2, -0.15) is 0 Å². The van der Waals surface area contributed by atoms with Gasteiger partial charge in [0.2, 0.25) is 0 Å². The van der Waals surface area contributed by atoms with Gasteiger partial charge in [0.25, 0.3) is 0 Å². The zero-order valence-corrected chi connectivity index (χ0v) is 11.0. The molecule has 18 heavy (non-hydrogen) atoms. The van der Waals surface area contributed by atoms with Gasteiger partial charge in [-0.1, -0.05) is 11.6 Å². The Hall–Kier alpha value is -1.28. The van der Waals surface area contributed by atoms with Crippen molar-refractivity contribution < 1.29 is 0 Å². The first-order chi connectivity index (χ1) is 8.84. The van der Waals surface area contributed by atoms with Gasteiger partial charge in [0, 0.05) is 29.2 Å². The highest BCUT2D eigenvalue weighted by Gasteiger charge is 2.28. The van der Waals surface area contributed by atoms with Crippen LogP contribution in [0, 0.1) is 6.92 Å². The van der Waals surface area contributed by atoms with E-state index in [0.717, 1.165) is 0 Å². The van der Waals surface area contributed by atoms with Crippen molar-refractivity contribution in [2.24, 2.45) is 0 Å². The van der Waals surface area contributed by atoms with Gasteiger partial charge in [-0.15, -0.1) is 0 Å². The summed E-state index contributed by atoms with van der Waals surface area (Å²) in [4.78, 5) is 0. The number of nitrogens with one attached hydrogen (secondary N) is 1. The Balaban J connectivity index is 2.07. The minimum absolute atomic E-state index is 0.601. The minimum atomic E-state index is 0.601. The number of hydrogen-bond acceptors (Lipinski definition) is 1. The van der Waals surface area contributed by atoms with E-state index >= 15 is 0 Å². The summed E-state index contributed by atoms with van der Waals surface area (Å²) in [5, 5.41) is 5.25. The quantitative estimate of drug-likeness (QED) is 0.747. The molecule has 0 unspecified atom stereocenters. The summed E-state index contributed by atoms with van der Waals surface area (Å²) < 4.78 is 2.59. The fourth-order valence-electron chi connectivity index (χ4n) is 3.79. The molecule has 94 valence electrons. The fraction of sp³-hybridized carbons (Fsp3) is 0.500. The lowest BCUT2D eigenvalue weighted by Gasteiger charge is -2.24. The van der Waals surface area contributed by atoms with Crippen LogP contribution < -0.4 is 5.32 Å². The zero-order chi connectivity index (χ0) is 12.1. The largest absolute Gasteiger partial charge is 0.343 e. The van der Waals surface area contributed by atoms with Gasteiger partial charge in [-0.25, -0.2) is 0 Å². The second-order valence-corrected chi connectivity index (χ2v) is 5.79. The summed E-state index contributed by atoms with van der Waals surface area (Å²) in [7, 11) is 0. The van der Waals surface area contributed by atoms with Crippen molar-refractivity contribution in [3.8, 4) is 0 Å². The highest BCUT2D eigenvalue weighted by atomic mass is 15.1. The molecule has 0 spiro atoms. The molecule has 4 rings (SSSR count). The standard InChI is InChI=1S/C16H20N2/c1-11-6-7-15-13(10-11)12-4-2-5-14-16(12)18(15)9-3-8-17-14/h6-7,10,14,17H,2-5,8-9H2,1H3/t14-/m0/s1. The number of benzene rings is 1. The number of hydrogen-bond donors (Lipinski definition) is 1. The Labute approximate surface area is 108 Å². The van der Waals surface area contributed by atoms with E-state index in [2.05, 4.69) is 35.0 Å². The van der Waals surface area contributed by atoms with E-state index in [-0.39, 0.29) is 0 Å². The van der Waals surface area contributed by atoms with Gasteiger partial charge in [0.15, 0.2) is 0 Å². The van der Waals surface area contributed by atoms with Gasteiger partial charge in [-0.3, -0.25) is 0 Å². The van der Waals surface area contributed by atoms with Gasteiger partial charge < -0.3 is 9.88 Å². The zero-order valence-electron chi connectivity index (χ0n) is 11.0. The summed E-state index contributed by atoms with van der Waals surface area (Å²) >= 11 is 0. The number of aromatic nitrogens is 1. The Morgan fingerprint density at radius 2 is 2.22 bits per heavy atom. The van der Waals surface area contributed by atoms with Crippen molar-refractivity contribution in [1.82, 2.24) is 9.88 Å². The molecule has 0 radical (unpaired) electrons. The molecule has 2 heteroatoms. The van der Waals surface area contributed by atoms with E-state index in [1.807, 2.05) is 0 Å². The number of aryl methyl sites for hydroxylation is 3. The van der Waals surface area contributed by atoms with Gasteiger partial charge >= 0.3 is 0 Å². The molecule has 2 aliphatic rings. The van der Waals surface area contributed by atoms with Crippen LogP contribution in [-0.2, 0) is 13.0 Å². The van der Waals surface area contributed by atoms with Crippen molar-refractivity contribution in [3.63, 3.8) is 0 Å². The van der Waals surface area contributed by atoms with Crippen molar-refractivity contribution >= 4 is 10.9 Å². The third-order valence-corrected chi connectivity index (χ3v) is 4.57. The van der Waals surface area contributed by atoms with Crippen molar-refractivity contribution in [2.75, 3.05) is 6.54 Å². The lowest BCUT2D eigenvalue weighted by molar-refractivity contribution is 0.465. The Morgan fingerprint density at radius 3 is 3.17 bits per heavy atom. The molecule has 1 aliphatic heterocycles. The highest BCUT2D eigenvalue weighted by Crippen LogP contribution is 2.38. The molecular weight excluding hydrogens is 220 g/mol. The summed E-state index contributed by atoms with van der Waals surface area (Å²) in [6.07, 6.45) is 5.15. The van der Waals surface area contributed by atoms with Crippen LogP contribution in [0.5, 0.6) is 0 Å². The minimum Gasteiger partial charge on any atom is -0.343 e. The van der Waals surface area contributed by atoms with E-state index < -0.39 is 0 Å². The Morgan fingerprint density at radius 1 is 1.28 bits per heavy atom. The Bertz CT molecular complexity index is 605. The average molecular weight is 240 g/mol. The molecule has 1 aliphatic carbocycles. The average Bonchev–Trinajstić information content (AvgIpc) is 2.56. The summed E-state index contributed by atoms with van der Waals surface area (Å²) in [6, 6.07) is 7.56. The second kappa shape index (κ2) is 3.86. The molecule has 1 atom stereocenters. The first-order valence-electron chi connectivity index (χ1n) is 7.19. The van der Waals surface area contributed by atoms with Crippen LogP contribution in [0.4, 0.5) is 0 Å². The molecule has 2 heterocycles. The third-order valence-electron chi connectivity index (χ3n) is 4.57. The molecule has 0 saturated carbocycles. The van der Waals surface area contributed by atoms with Crippen molar-refractivity contribution in [2.45, 2.75) is 45.2 Å². The molecule has 2 nitrogen and oxygen atoms in total. The first kappa shape index (κ1) is 10.6. The molecule has 1 aromatic heterocycles. The third kappa shape index (κ3) is 1.39. The molecular formula is C16H20N2. The van der Waals surface area contributed by atoms with E-state index in [4.69, 9.17) is 0 Å². The maximum atomic E-state index is 3.73. The number of rotatable bonds is 0. The van der Waals surface area contributed by atoms with Gasteiger partial charge in [-0.05, 0) is 56.8 Å². The van der Waals surface area contributed by atoms with Crippen LogP contribution in [0.15, 0.2) is 18.2 Å². The monoisotopic (exact) mass is 240 g/mol. The Kier molecular flexibility index (Phi) is 2.28. The summed E-state index contributed by atoms with van der Waals surface area (Å²) in [5.74, 6) is 0. The van der Waals surface area contributed by atoms with Crippen LogP contribution in [0.25, 0.3) is 10.9 Å². The smallest absolute Gasteiger partial charge is 0.0486 e. The molecule has 0 bridgehead atoms. The van der Waals surface area contributed by atoms with E-state index in [9.17, 15) is 0 Å². The van der Waals surface area contributed by atoms with Crippen LogP contribution in [0.1, 0.15) is 42.1 Å². The van der Waals surface area contributed by atoms with E-state index in [0.29, 0.717) is 6.04 Å². The summed E-state index contributed by atoms with van der Waals surface area (Å²) in [5.41, 5.74) is 6.06. The van der Waals surface area contributed by atoms with Crippen LogP contribution >= 0.6 is 0 Å². The predicted octanol–water partition coefficient (Wildman–Crippen LogP) is 3.32. The normalized spacial score (nSPS) is 22.8. The summed E-state index contributed by atoms with van der Waals surface area (Å²) in [6.45, 7) is 4.55. The molecule has 0 amide bonds. The maximum absolute atomic E-state index is 3.73. The molecule has 0 fully saturated rings. The van der Waals surface area contributed by atoms with Crippen LogP contribution in [0.2, 0.25) is 0 Å². The molecule has 1 aromatic carbocycles. The maximum Gasteiger partial charge on any atom is 0.0486 e. The van der Waals surface area contributed by atoms with Gasteiger partial charge in [0.1, 0.15) is 0 Å². The van der Waals surface area contributed by atoms with Crippen LogP contribution in [-0.4, -0.2) is 11.1 Å². The number of nitrogens with zero attached hydrogens (tertiary/aromatic N) is 1. The molecule has 1 N–H and O–H groups in total. The van der Waals surface area contributed by atoms with Crippen molar-refractivity contribution in [3.05, 3.63) is 35.0 Å². The molecule has 0 saturated heterocycles.